The lowest BCUT2D eigenvalue weighted by atomic mass is 10.2. The molecule has 0 saturated carbocycles. The Balaban J connectivity index is 2.66. The second-order valence-corrected chi connectivity index (χ2v) is 4.02. The predicted octanol–water partition coefficient (Wildman–Crippen LogP) is 1.71. The highest BCUT2D eigenvalue weighted by Crippen LogP contribution is 2.18. The quantitative estimate of drug-likeness (QED) is 0.605. The molecule has 0 saturated heterocycles. The van der Waals surface area contributed by atoms with E-state index < -0.39 is 0 Å². The molecule has 0 aliphatic rings. The van der Waals surface area contributed by atoms with Gasteiger partial charge >= 0.3 is 11.4 Å². The molecule has 4 nitrogen and oxygen atoms in total. The molecule has 2 heterocycles. The summed E-state index contributed by atoms with van der Waals surface area (Å²) < 4.78 is 1.70. The molecule has 6 heteroatoms. The van der Waals surface area contributed by atoms with Crippen LogP contribution in [0.1, 0.15) is 0 Å². The number of aromatic nitrogens is 2. The molecule has 2 N–H and O–H groups in total. The van der Waals surface area contributed by atoms with Crippen LogP contribution >= 0.6 is 23.2 Å². The molecule has 2 rings (SSSR count). The molecule has 0 aromatic carbocycles. The normalized spacial score (nSPS) is 10.4. The van der Waals surface area contributed by atoms with Crippen LogP contribution in [0.5, 0.6) is 0 Å². The van der Waals surface area contributed by atoms with Gasteiger partial charge in [-0.1, -0.05) is 23.2 Å². The van der Waals surface area contributed by atoms with Crippen LogP contribution in [-0.2, 0) is 0 Å². The van der Waals surface area contributed by atoms with Crippen LogP contribution in [0.25, 0.3) is 11.4 Å². The Labute approximate surface area is 101 Å². The summed E-state index contributed by atoms with van der Waals surface area (Å²) in [5.41, 5.74) is 0.662. The van der Waals surface area contributed by atoms with E-state index in [1.165, 1.54) is 36.7 Å². The third-order valence-corrected chi connectivity index (χ3v) is 2.53. The van der Waals surface area contributed by atoms with Crippen LogP contribution in [-0.4, -0.2) is 10.4 Å². The minimum Gasteiger partial charge on any atom is -0.284 e. The predicted molar refractivity (Wildman–Crippen MR) is 56.7 cm³/mol. The second kappa shape index (κ2) is 4.15. The van der Waals surface area contributed by atoms with Gasteiger partial charge in [0.1, 0.15) is 0 Å². The van der Waals surface area contributed by atoms with Crippen LogP contribution in [0.3, 0.4) is 0 Å². The SMILES string of the molecule is O[n+]1ccc(Cl)cc1-c1cc(Cl)cc[n+]1O. The van der Waals surface area contributed by atoms with Gasteiger partial charge in [-0.25, -0.2) is 0 Å². The Kier molecular flexibility index (Phi) is 2.85. The lowest BCUT2D eigenvalue weighted by Gasteiger charge is -1.95. The smallest absolute Gasteiger partial charge is 0.284 e. The zero-order chi connectivity index (χ0) is 11.7. The topological polar surface area (TPSA) is 48.2 Å². The van der Waals surface area contributed by atoms with Crippen molar-refractivity contribution >= 4 is 23.2 Å². The van der Waals surface area contributed by atoms with E-state index in [0.29, 0.717) is 21.4 Å². The van der Waals surface area contributed by atoms with Gasteiger partial charge in [0, 0.05) is 33.7 Å². The fourth-order valence-corrected chi connectivity index (χ4v) is 1.64. The first-order chi connectivity index (χ1) is 7.58. The summed E-state index contributed by atoms with van der Waals surface area (Å²) in [6.45, 7) is 0. The lowest BCUT2D eigenvalue weighted by molar-refractivity contribution is -0.918. The van der Waals surface area contributed by atoms with Crippen molar-refractivity contribution in [3.63, 3.8) is 0 Å². The first-order valence-electron chi connectivity index (χ1n) is 4.39. The largest absolute Gasteiger partial charge is 0.334 e. The molecule has 0 radical (unpaired) electrons. The van der Waals surface area contributed by atoms with E-state index >= 15 is 0 Å². The number of rotatable bonds is 1. The van der Waals surface area contributed by atoms with Crippen LogP contribution in [0.15, 0.2) is 36.7 Å². The van der Waals surface area contributed by atoms with Gasteiger partial charge in [-0.05, 0) is 0 Å². The van der Waals surface area contributed by atoms with Crippen LogP contribution in [0, 0.1) is 0 Å². The molecule has 0 fully saturated rings. The Hall–Kier alpha value is -1.52. The van der Waals surface area contributed by atoms with Crippen molar-refractivity contribution in [2.45, 2.75) is 0 Å². The maximum atomic E-state index is 9.59. The van der Waals surface area contributed by atoms with Gasteiger partial charge < -0.3 is 0 Å². The van der Waals surface area contributed by atoms with Gasteiger partial charge in [-0.15, -0.1) is 0 Å². The summed E-state index contributed by atoms with van der Waals surface area (Å²) in [6, 6.07) is 6.08. The lowest BCUT2D eigenvalue weighted by Crippen LogP contribution is -2.39. The van der Waals surface area contributed by atoms with Gasteiger partial charge in [0.2, 0.25) is 12.4 Å². The number of halogens is 2. The van der Waals surface area contributed by atoms with Crippen molar-refractivity contribution < 1.29 is 19.9 Å². The average Bonchev–Trinajstić information content (AvgIpc) is 2.25. The second-order valence-electron chi connectivity index (χ2n) is 3.15. The van der Waals surface area contributed by atoms with Crippen molar-refractivity contribution in [3.05, 3.63) is 46.7 Å². The van der Waals surface area contributed by atoms with Gasteiger partial charge in [-0.3, -0.25) is 10.4 Å². The number of hydrogen-bond acceptors (Lipinski definition) is 2. The molecule has 0 aliphatic heterocycles. The van der Waals surface area contributed by atoms with E-state index in [-0.39, 0.29) is 0 Å². The van der Waals surface area contributed by atoms with Crippen LogP contribution in [0.2, 0.25) is 10.0 Å². The van der Waals surface area contributed by atoms with Gasteiger partial charge in [0.25, 0.3) is 0 Å². The summed E-state index contributed by atoms with van der Waals surface area (Å²) in [7, 11) is 0. The first kappa shape index (κ1) is 11.0. The van der Waals surface area contributed by atoms with Crippen molar-refractivity contribution in [1.29, 1.82) is 0 Å². The Morgan fingerprint density at radius 3 is 1.56 bits per heavy atom. The summed E-state index contributed by atoms with van der Waals surface area (Å²) in [5, 5.41) is 20.1. The standard InChI is InChI=1S/C10H8Cl2N2O2/c11-7-1-3-13(15)9(5-7)10-6-8(12)2-4-14(10)16/h1-6,15-16H/q+2. The molecule has 82 valence electrons. The zero-order valence-corrected chi connectivity index (χ0v) is 9.52. The summed E-state index contributed by atoms with van der Waals surface area (Å²) in [5.74, 6) is 0. The Morgan fingerprint density at radius 2 is 1.19 bits per heavy atom. The van der Waals surface area contributed by atoms with Crippen molar-refractivity contribution in [3.8, 4) is 11.4 Å². The molecule has 0 atom stereocenters. The molecule has 0 unspecified atom stereocenters. The van der Waals surface area contributed by atoms with E-state index in [1.807, 2.05) is 0 Å². The van der Waals surface area contributed by atoms with Crippen LogP contribution < -0.4 is 9.46 Å². The molecular weight excluding hydrogens is 251 g/mol. The fraction of sp³-hybridized carbons (Fsp3) is 0. The van der Waals surface area contributed by atoms with E-state index in [9.17, 15) is 10.4 Å². The van der Waals surface area contributed by atoms with Crippen molar-refractivity contribution in [1.82, 2.24) is 0 Å². The number of hydrogen-bond donors (Lipinski definition) is 2. The molecule has 16 heavy (non-hydrogen) atoms. The van der Waals surface area contributed by atoms with E-state index in [4.69, 9.17) is 23.2 Å². The van der Waals surface area contributed by atoms with E-state index in [1.54, 1.807) is 0 Å². The zero-order valence-electron chi connectivity index (χ0n) is 8.01. The molecule has 2 aromatic heterocycles. The molecule has 0 aliphatic carbocycles. The van der Waals surface area contributed by atoms with Gasteiger partial charge in [0.15, 0.2) is 0 Å². The minimum absolute atomic E-state index is 0.331. The number of nitrogens with zero attached hydrogens (tertiary/aromatic N) is 2. The van der Waals surface area contributed by atoms with Crippen LogP contribution in [0.4, 0.5) is 0 Å². The maximum Gasteiger partial charge on any atom is 0.334 e. The maximum absolute atomic E-state index is 9.59. The summed E-state index contributed by atoms with van der Waals surface area (Å²) >= 11 is 11.6. The third-order valence-electron chi connectivity index (χ3n) is 2.06. The minimum atomic E-state index is 0.331. The Morgan fingerprint density at radius 1 is 0.812 bits per heavy atom. The molecule has 2 aromatic rings. The molecule has 0 bridgehead atoms. The first-order valence-corrected chi connectivity index (χ1v) is 5.15. The summed E-state index contributed by atoms with van der Waals surface area (Å²) in [6.07, 6.45) is 2.75. The fourth-order valence-electron chi connectivity index (χ4n) is 1.32. The monoisotopic (exact) mass is 258 g/mol. The average molecular weight is 259 g/mol. The van der Waals surface area contributed by atoms with Gasteiger partial charge in [0.05, 0.1) is 10.0 Å². The van der Waals surface area contributed by atoms with Crippen molar-refractivity contribution in [2.24, 2.45) is 0 Å². The van der Waals surface area contributed by atoms with E-state index in [0.717, 1.165) is 9.46 Å². The highest BCUT2D eigenvalue weighted by Gasteiger charge is 2.25. The highest BCUT2D eigenvalue weighted by atomic mass is 35.5. The van der Waals surface area contributed by atoms with E-state index in [2.05, 4.69) is 0 Å². The molecule has 0 amide bonds. The third kappa shape index (κ3) is 2.03. The summed E-state index contributed by atoms with van der Waals surface area (Å²) in [4.78, 5) is 0. The molecule has 0 spiro atoms. The number of pyridine rings is 2. The highest BCUT2D eigenvalue weighted by molar-refractivity contribution is 6.31. The van der Waals surface area contributed by atoms with Gasteiger partial charge in [-0.2, -0.15) is 0 Å². The van der Waals surface area contributed by atoms with Crippen molar-refractivity contribution in [2.75, 3.05) is 0 Å². The Bertz CT molecular complexity index is 497. The molecular formula is C10H8Cl2N2O2+2.